The Morgan fingerprint density at radius 2 is 2.00 bits per heavy atom. The summed E-state index contributed by atoms with van der Waals surface area (Å²) >= 11 is 0. The Bertz CT molecular complexity index is 229. The molecule has 1 heterocycles. The smallest absolute Gasteiger partial charge is 0.0753 e. The van der Waals surface area contributed by atoms with Crippen molar-refractivity contribution in [1.82, 2.24) is 10.2 Å². The Kier molecular flexibility index (Phi) is 6.61. The maximum absolute atomic E-state index is 5.76. The van der Waals surface area contributed by atoms with Crippen LogP contribution >= 0.6 is 0 Å². The molecule has 1 aliphatic heterocycles. The van der Waals surface area contributed by atoms with E-state index >= 15 is 0 Å². The quantitative estimate of drug-likeness (QED) is 0.708. The van der Waals surface area contributed by atoms with Gasteiger partial charge in [-0.3, -0.25) is 4.90 Å². The van der Waals surface area contributed by atoms with E-state index in [2.05, 4.69) is 44.8 Å². The molecule has 0 spiro atoms. The average molecular weight is 256 g/mol. The van der Waals surface area contributed by atoms with Crippen molar-refractivity contribution >= 4 is 0 Å². The monoisotopic (exact) mass is 256 g/mol. The molecule has 0 bridgehead atoms. The zero-order chi connectivity index (χ0) is 13.6. The lowest BCUT2D eigenvalue weighted by molar-refractivity contribution is -0.0960. The van der Waals surface area contributed by atoms with E-state index < -0.39 is 0 Å². The maximum Gasteiger partial charge on any atom is 0.0753 e. The molecule has 0 aliphatic carbocycles. The summed E-state index contributed by atoms with van der Waals surface area (Å²) in [5, 5.41) is 3.52. The summed E-state index contributed by atoms with van der Waals surface area (Å²) in [6.07, 6.45) is 2.55. The van der Waals surface area contributed by atoms with E-state index in [1.165, 1.54) is 12.8 Å². The maximum atomic E-state index is 5.76. The first-order valence-corrected chi connectivity index (χ1v) is 7.49. The highest BCUT2D eigenvalue weighted by atomic mass is 16.5. The third kappa shape index (κ3) is 6.17. The van der Waals surface area contributed by atoms with Gasteiger partial charge in [0.2, 0.25) is 0 Å². The van der Waals surface area contributed by atoms with Crippen LogP contribution in [0.3, 0.4) is 0 Å². The third-order valence-electron chi connectivity index (χ3n) is 3.61. The highest BCUT2D eigenvalue weighted by molar-refractivity contribution is 4.82. The lowest BCUT2D eigenvalue weighted by atomic mass is 10.0. The van der Waals surface area contributed by atoms with Crippen LogP contribution in [-0.2, 0) is 4.74 Å². The number of hydrogen-bond acceptors (Lipinski definition) is 3. The number of nitrogens with zero attached hydrogens (tertiary/aromatic N) is 1. The number of rotatable bonds is 7. The minimum Gasteiger partial charge on any atom is -0.373 e. The lowest BCUT2D eigenvalue weighted by Gasteiger charge is -2.41. The van der Waals surface area contributed by atoms with Gasteiger partial charge in [0.1, 0.15) is 0 Å². The molecule has 1 aliphatic rings. The largest absolute Gasteiger partial charge is 0.373 e. The second-order valence-electron chi connectivity index (χ2n) is 6.67. The summed E-state index contributed by atoms with van der Waals surface area (Å²) in [7, 11) is 0. The predicted molar refractivity (Wildman–Crippen MR) is 78.0 cm³/mol. The molecule has 18 heavy (non-hydrogen) atoms. The van der Waals surface area contributed by atoms with Crippen molar-refractivity contribution in [1.29, 1.82) is 0 Å². The van der Waals surface area contributed by atoms with Crippen LogP contribution in [0.25, 0.3) is 0 Å². The van der Waals surface area contributed by atoms with E-state index in [1.54, 1.807) is 0 Å². The van der Waals surface area contributed by atoms with E-state index in [0.717, 1.165) is 38.7 Å². The van der Waals surface area contributed by atoms with E-state index in [-0.39, 0.29) is 5.60 Å². The van der Waals surface area contributed by atoms with E-state index in [9.17, 15) is 0 Å². The van der Waals surface area contributed by atoms with Crippen LogP contribution in [0.1, 0.15) is 47.5 Å². The first-order chi connectivity index (χ1) is 8.41. The molecule has 1 atom stereocenters. The Hall–Kier alpha value is -0.120. The van der Waals surface area contributed by atoms with Gasteiger partial charge >= 0.3 is 0 Å². The Morgan fingerprint density at radius 3 is 2.61 bits per heavy atom. The topological polar surface area (TPSA) is 24.5 Å². The first-order valence-electron chi connectivity index (χ1n) is 7.49. The second-order valence-corrected chi connectivity index (χ2v) is 6.67. The molecule has 0 aromatic rings. The molecule has 1 unspecified atom stereocenters. The minimum absolute atomic E-state index is 0.0302. The van der Waals surface area contributed by atoms with Gasteiger partial charge in [-0.2, -0.15) is 0 Å². The second kappa shape index (κ2) is 7.46. The van der Waals surface area contributed by atoms with E-state index in [4.69, 9.17) is 4.74 Å². The fourth-order valence-corrected chi connectivity index (χ4v) is 2.52. The van der Waals surface area contributed by atoms with Crippen LogP contribution in [0.5, 0.6) is 0 Å². The predicted octanol–water partition coefficient (Wildman–Crippen LogP) is 2.51. The van der Waals surface area contributed by atoms with Crippen molar-refractivity contribution in [3.8, 4) is 0 Å². The van der Waals surface area contributed by atoms with Gasteiger partial charge in [0, 0.05) is 19.1 Å². The third-order valence-corrected chi connectivity index (χ3v) is 3.61. The molecule has 0 saturated carbocycles. The molecular formula is C15H32N2O. The summed E-state index contributed by atoms with van der Waals surface area (Å²) in [5.74, 6) is 0.752. The summed E-state index contributed by atoms with van der Waals surface area (Å²) < 4.78 is 5.76. The van der Waals surface area contributed by atoms with Crippen molar-refractivity contribution < 1.29 is 4.74 Å². The van der Waals surface area contributed by atoms with Crippen molar-refractivity contribution in [3.05, 3.63) is 0 Å². The molecular weight excluding hydrogens is 224 g/mol. The van der Waals surface area contributed by atoms with E-state index in [1.807, 2.05) is 0 Å². The van der Waals surface area contributed by atoms with Gasteiger partial charge in [-0.25, -0.2) is 0 Å². The molecule has 0 radical (unpaired) electrons. The highest BCUT2D eigenvalue weighted by Crippen LogP contribution is 2.19. The van der Waals surface area contributed by atoms with Crippen molar-refractivity contribution in [2.24, 2.45) is 5.92 Å². The Labute approximate surface area is 113 Å². The lowest BCUT2D eigenvalue weighted by Crippen LogP contribution is -2.51. The Balaban J connectivity index is 2.14. The minimum atomic E-state index is 0.0302. The molecule has 1 rings (SSSR count). The van der Waals surface area contributed by atoms with Gasteiger partial charge in [0.25, 0.3) is 0 Å². The van der Waals surface area contributed by atoms with Gasteiger partial charge in [-0.15, -0.1) is 0 Å². The molecule has 0 aromatic heterocycles. The summed E-state index contributed by atoms with van der Waals surface area (Å²) in [6.45, 7) is 16.6. The van der Waals surface area contributed by atoms with Gasteiger partial charge in [-0.1, -0.05) is 13.8 Å². The first kappa shape index (κ1) is 15.9. The molecule has 108 valence electrons. The standard InChI is InChI=1S/C15H32N2O/c1-13(2)11-16-8-6-7-14(3)17-9-10-18-15(4,5)12-17/h13-14,16H,6-12H2,1-5H3. The normalized spacial score (nSPS) is 22.3. The van der Waals surface area contributed by atoms with Crippen molar-refractivity contribution in [2.45, 2.75) is 59.1 Å². The van der Waals surface area contributed by atoms with Crippen LogP contribution in [-0.4, -0.2) is 49.3 Å². The fourth-order valence-electron chi connectivity index (χ4n) is 2.52. The van der Waals surface area contributed by atoms with Crippen LogP contribution in [0, 0.1) is 5.92 Å². The SMILES string of the molecule is CC(C)CNCCCC(C)N1CCOC(C)(C)C1. The molecule has 3 heteroatoms. The zero-order valence-corrected chi connectivity index (χ0v) is 13.0. The summed E-state index contributed by atoms with van der Waals surface area (Å²) in [6, 6.07) is 0.675. The van der Waals surface area contributed by atoms with Crippen LogP contribution in [0.15, 0.2) is 0 Å². The number of hydrogen-bond donors (Lipinski definition) is 1. The zero-order valence-electron chi connectivity index (χ0n) is 13.0. The van der Waals surface area contributed by atoms with Gasteiger partial charge in [0.05, 0.1) is 12.2 Å². The number of ether oxygens (including phenoxy) is 1. The fraction of sp³-hybridized carbons (Fsp3) is 1.00. The van der Waals surface area contributed by atoms with Crippen LogP contribution < -0.4 is 5.32 Å². The van der Waals surface area contributed by atoms with Crippen molar-refractivity contribution in [3.63, 3.8) is 0 Å². The number of nitrogens with one attached hydrogen (secondary N) is 1. The highest BCUT2D eigenvalue weighted by Gasteiger charge is 2.29. The van der Waals surface area contributed by atoms with Gasteiger partial charge in [0.15, 0.2) is 0 Å². The molecule has 0 amide bonds. The van der Waals surface area contributed by atoms with Gasteiger partial charge in [-0.05, 0) is 52.6 Å². The molecule has 1 fully saturated rings. The summed E-state index contributed by atoms with van der Waals surface area (Å²) in [4.78, 5) is 2.58. The molecule has 3 nitrogen and oxygen atoms in total. The summed E-state index contributed by atoms with van der Waals surface area (Å²) in [5.41, 5.74) is 0.0302. The average Bonchev–Trinajstić information content (AvgIpc) is 2.26. The molecule has 0 aromatic carbocycles. The van der Waals surface area contributed by atoms with Crippen molar-refractivity contribution in [2.75, 3.05) is 32.8 Å². The van der Waals surface area contributed by atoms with Crippen LogP contribution in [0.2, 0.25) is 0 Å². The Morgan fingerprint density at radius 1 is 1.28 bits per heavy atom. The van der Waals surface area contributed by atoms with Gasteiger partial charge < -0.3 is 10.1 Å². The van der Waals surface area contributed by atoms with E-state index in [0.29, 0.717) is 6.04 Å². The molecule has 1 saturated heterocycles. The molecule has 1 N–H and O–H groups in total. The number of morpholine rings is 1. The van der Waals surface area contributed by atoms with Crippen LogP contribution in [0.4, 0.5) is 0 Å².